The first-order valence-corrected chi connectivity index (χ1v) is 11.6. The second-order valence-corrected chi connectivity index (χ2v) is 10.1. The van der Waals surface area contributed by atoms with Gasteiger partial charge in [0.25, 0.3) is 10.0 Å². The number of hydrogen-bond acceptors (Lipinski definition) is 4. The van der Waals surface area contributed by atoms with Gasteiger partial charge in [0.05, 0.1) is 22.7 Å². The Morgan fingerprint density at radius 2 is 2.04 bits per heavy atom. The third-order valence-electron chi connectivity index (χ3n) is 5.28. The van der Waals surface area contributed by atoms with Gasteiger partial charge in [-0.15, -0.1) is 0 Å². The molecule has 1 aromatic rings. The Bertz CT molecular complexity index is 893. The maximum Gasteiger partial charge on any atom is 0.264 e. The minimum atomic E-state index is -3.66. The molecule has 3 rings (SSSR count). The summed E-state index contributed by atoms with van der Waals surface area (Å²) in [6, 6.07) is 7.51. The van der Waals surface area contributed by atoms with Crippen LogP contribution in [-0.2, 0) is 14.8 Å². The predicted octanol–water partition coefficient (Wildman–Crippen LogP) is 4.33. The molecule has 1 aliphatic heterocycles. The molecule has 2 atom stereocenters. The average molecular weight is 425 g/mol. The van der Waals surface area contributed by atoms with Crippen LogP contribution >= 0.6 is 11.6 Å². The summed E-state index contributed by atoms with van der Waals surface area (Å²) in [6.45, 7) is 7.48. The fourth-order valence-electron chi connectivity index (χ4n) is 3.74. The van der Waals surface area contributed by atoms with Crippen molar-refractivity contribution in [3.63, 3.8) is 0 Å². The standard InChI is InChI=1S/C21H29ClN2O3S/c1-14(2)27-11-7-10-23-21-16-8-5-6-9-19(16)24(4)28(25,26)20-13-18(22)15(3)12-17(20)21/h5-6,8-9,13-15,21,23H,7,10-12H2,1-4H3. The SMILES string of the molecule is CC(C)OCCCNC1C2=C(C=C(Cl)C(C)C2)S(=O)(=O)N(C)c2ccccc21. The Morgan fingerprint density at radius 3 is 2.75 bits per heavy atom. The topological polar surface area (TPSA) is 58.6 Å². The molecule has 1 aliphatic carbocycles. The summed E-state index contributed by atoms with van der Waals surface area (Å²) < 4.78 is 33.6. The van der Waals surface area contributed by atoms with Crippen LogP contribution in [0.15, 0.2) is 45.9 Å². The first kappa shape index (κ1) is 21.4. The van der Waals surface area contributed by atoms with E-state index in [-0.39, 0.29) is 18.1 Å². The minimum absolute atomic E-state index is 0.0970. The van der Waals surface area contributed by atoms with Crippen LogP contribution in [-0.4, -0.2) is 34.7 Å². The number of ether oxygens (including phenoxy) is 1. The van der Waals surface area contributed by atoms with E-state index in [4.69, 9.17) is 16.3 Å². The number of anilines is 1. The quantitative estimate of drug-likeness (QED) is 0.690. The number of hydrogen-bond donors (Lipinski definition) is 1. The lowest BCUT2D eigenvalue weighted by Gasteiger charge is -2.28. The second-order valence-electron chi connectivity index (χ2n) is 7.72. The zero-order valence-electron chi connectivity index (χ0n) is 16.9. The number of halogens is 1. The predicted molar refractivity (Wildman–Crippen MR) is 115 cm³/mol. The van der Waals surface area contributed by atoms with Crippen molar-refractivity contribution in [3.8, 4) is 0 Å². The van der Waals surface area contributed by atoms with Gasteiger partial charge in [-0.1, -0.05) is 36.7 Å². The van der Waals surface area contributed by atoms with Crippen molar-refractivity contribution < 1.29 is 13.2 Å². The van der Waals surface area contributed by atoms with Crippen molar-refractivity contribution in [1.82, 2.24) is 5.32 Å². The van der Waals surface area contributed by atoms with Crippen LogP contribution in [0, 0.1) is 5.92 Å². The maximum absolute atomic E-state index is 13.3. The Labute approximate surface area is 173 Å². The van der Waals surface area contributed by atoms with Gasteiger partial charge in [0, 0.05) is 18.7 Å². The zero-order chi connectivity index (χ0) is 20.5. The molecule has 0 spiro atoms. The van der Waals surface area contributed by atoms with Gasteiger partial charge in [-0.05, 0) is 62.4 Å². The van der Waals surface area contributed by atoms with Crippen LogP contribution in [0.2, 0.25) is 0 Å². The van der Waals surface area contributed by atoms with Crippen LogP contribution < -0.4 is 9.62 Å². The van der Waals surface area contributed by atoms with Gasteiger partial charge < -0.3 is 10.1 Å². The van der Waals surface area contributed by atoms with Crippen molar-refractivity contribution in [2.24, 2.45) is 5.92 Å². The molecule has 0 bridgehead atoms. The molecule has 0 saturated heterocycles. The van der Waals surface area contributed by atoms with Crippen LogP contribution in [0.25, 0.3) is 0 Å². The highest BCUT2D eigenvalue weighted by Gasteiger charge is 2.38. The van der Waals surface area contributed by atoms with E-state index in [0.29, 0.717) is 28.7 Å². The normalized spacial score (nSPS) is 23.9. The molecule has 28 heavy (non-hydrogen) atoms. The van der Waals surface area contributed by atoms with Gasteiger partial charge in [0.1, 0.15) is 0 Å². The number of nitrogens with zero attached hydrogens (tertiary/aromatic N) is 1. The molecule has 1 heterocycles. The van der Waals surface area contributed by atoms with Crippen molar-refractivity contribution in [1.29, 1.82) is 0 Å². The Morgan fingerprint density at radius 1 is 1.32 bits per heavy atom. The molecule has 154 valence electrons. The second kappa shape index (κ2) is 8.57. The van der Waals surface area contributed by atoms with Crippen LogP contribution in [0.3, 0.4) is 0 Å². The first-order chi connectivity index (χ1) is 13.2. The minimum Gasteiger partial charge on any atom is -0.379 e. The van der Waals surface area contributed by atoms with Crippen LogP contribution in [0.1, 0.15) is 45.2 Å². The molecule has 0 saturated carbocycles. The third-order valence-corrected chi connectivity index (χ3v) is 7.61. The van der Waals surface area contributed by atoms with E-state index in [1.807, 2.05) is 45.0 Å². The number of para-hydroxylation sites is 1. The number of benzene rings is 1. The van der Waals surface area contributed by atoms with Gasteiger partial charge in [-0.25, -0.2) is 8.42 Å². The number of rotatable bonds is 6. The summed E-state index contributed by atoms with van der Waals surface area (Å²) in [5.74, 6) is 0.0970. The highest BCUT2D eigenvalue weighted by atomic mass is 35.5. The van der Waals surface area contributed by atoms with E-state index < -0.39 is 10.0 Å². The van der Waals surface area contributed by atoms with Gasteiger partial charge in [0.15, 0.2) is 0 Å². The van der Waals surface area contributed by atoms with Crippen molar-refractivity contribution in [2.45, 2.75) is 45.8 Å². The van der Waals surface area contributed by atoms with Crippen molar-refractivity contribution in [2.75, 3.05) is 24.5 Å². The molecule has 1 aromatic carbocycles. The van der Waals surface area contributed by atoms with E-state index in [0.717, 1.165) is 24.1 Å². The van der Waals surface area contributed by atoms with E-state index in [1.54, 1.807) is 13.1 Å². The molecule has 2 aliphatic rings. The van der Waals surface area contributed by atoms with E-state index in [9.17, 15) is 8.42 Å². The van der Waals surface area contributed by atoms with Crippen LogP contribution in [0.4, 0.5) is 5.69 Å². The zero-order valence-corrected chi connectivity index (χ0v) is 18.5. The number of sulfonamides is 1. The third kappa shape index (κ3) is 4.15. The summed E-state index contributed by atoms with van der Waals surface area (Å²) in [4.78, 5) is 0.324. The summed E-state index contributed by atoms with van der Waals surface area (Å²) in [6.07, 6.45) is 3.32. The molecule has 0 aromatic heterocycles. The van der Waals surface area contributed by atoms with E-state index in [2.05, 4.69) is 5.32 Å². The maximum atomic E-state index is 13.3. The summed E-state index contributed by atoms with van der Waals surface area (Å²) in [7, 11) is -2.05. The van der Waals surface area contributed by atoms with Gasteiger partial charge in [-0.3, -0.25) is 4.31 Å². The molecule has 1 N–H and O–H groups in total. The monoisotopic (exact) mass is 424 g/mol. The molecule has 2 unspecified atom stereocenters. The van der Waals surface area contributed by atoms with E-state index >= 15 is 0 Å². The molecule has 7 heteroatoms. The lowest BCUT2D eigenvalue weighted by molar-refractivity contribution is 0.0768. The molecule has 5 nitrogen and oxygen atoms in total. The number of nitrogens with one attached hydrogen (secondary N) is 1. The fraction of sp³-hybridized carbons (Fsp3) is 0.524. The van der Waals surface area contributed by atoms with Gasteiger partial charge >= 0.3 is 0 Å². The van der Waals surface area contributed by atoms with Gasteiger partial charge in [-0.2, -0.15) is 0 Å². The lowest BCUT2D eigenvalue weighted by Crippen LogP contribution is -2.28. The fourth-order valence-corrected chi connectivity index (χ4v) is 5.52. The van der Waals surface area contributed by atoms with Crippen molar-refractivity contribution >= 4 is 27.3 Å². The Balaban J connectivity index is 2.01. The highest BCUT2D eigenvalue weighted by molar-refractivity contribution is 7.96. The van der Waals surface area contributed by atoms with E-state index in [1.165, 1.54) is 4.31 Å². The Kier molecular flexibility index (Phi) is 6.54. The molecular weight excluding hydrogens is 396 g/mol. The van der Waals surface area contributed by atoms with Gasteiger partial charge in [0.2, 0.25) is 0 Å². The van der Waals surface area contributed by atoms with Crippen LogP contribution in [0.5, 0.6) is 0 Å². The number of fused-ring (bicyclic) bond motifs is 1. The largest absolute Gasteiger partial charge is 0.379 e. The summed E-state index contributed by atoms with van der Waals surface area (Å²) >= 11 is 6.36. The summed E-state index contributed by atoms with van der Waals surface area (Å²) in [5.41, 5.74) is 2.56. The lowest BCUT2D eigenvalue weighted by atomic mass is 9.87. The number of allylic oxidation sites excluding steroid dienone is 2. The molecule has 0 fully saturated rings. The average Bonchev–Trinajstić information content (AvgIpc) is 2.71. The summed E-state index contributed by atoms with van der Waals surface area (Å²) in [5, 5.41) is 4.17. The smallest absolute Gasteiger partial charge is 0.264 e. The molecule has 0 amide bonds. The molecular formula is C21H29ClN2O3S. The first-order valence-electron chi connectivity index (χ1n) is 9.76. The Hall–Kier alpha value is -1.34. The highest BCUT2D eigenvalue weighted by Crippen LogP contribution is 2.45. The molecule has 0 radical (unpaired) electrons. The van der Waals surface area contributed by atoms with Crippen molar-refractivity contribution in [3.05, 3.63) is 51.4 Å².